The van der Waals surface area contributed by atoms with Crippen molar-refractivity contribution in [3.63, 3.8) is 0 Å². The second kappa shape index (κ2) is 9.64. The molecule has 2 aliphatic heterocycles. The van der Waals surface area contributed by atoms with Gasteiger partial charge in [0.05, 0.1) is 0 Å². The number of nitrogens with zero attached hydrogens (tertiary/aromatic N) is 2. The van der Waals surface area contributed by atoms with Crippen LogP contribution in [-0.4, -0.2) is 59.1 Å². The van der Waals surface area contributed by atoms with Crippen LogP contribution >= 0.6 is 0 Å². The normalized spacial score (nSPS) is 18.2. The van der Waals surface area contributed by atoms with Crippen LogP contribution in [0.25, 0.3) is 0 Å². The number of anilines is 1. The smallest absolute Gasteiger partial charge is 0.251 e. The average molecular weight is 434 g/mol. The number of carbonyl (C=O) groups is 4. The van der Waals surface area contributed by atoms with Gasteiger partial charge in [0.2, 0.25) is 17.7 Å². The fraction of sp³-hybridized carbons (Fsp3) is 0.333. The molecule has 2 N–H and O–H groups in total. The van der Waals surface area contributed by atoms with Gasteiger partial charge in [-0.2, -0.15) is 0 Å². The molecule has 0 saturated carbocycles. The number of rotatable bonds is 6. The molecule has 2 fully saturated rings. The molecule has 4 amide bonds. The Morgan fingerprint density at radius 1 is 0.969 bits per heavy atom. The quantitative estimate of drug-likeness (QED) is 0.724. The van der Waals surface area contributed by atoms with Crippen molar-refractivity contribution in [2.24, 2.45) is 0 Å². The summed E-state index contributed by atoms with van der Waals surface area (Å²) in [5.41, 5.74) is 2.00. The number of piperidine rings is 1. The summed E-state index contributed by atoms with van der Waals surface area (Å²) in [6.07, 6.45) is 2.47. The van der Waals surface area contributed by atoms with Crippen molar-refractivity contribution in [2.45, 2.75) is 31.8 Å². The van der Waals surface area contributed by atoms with E-state index in [1.54, 1.807) is 29.2 Å². The maximum atomic E-state index is 12.7. The second-order valence-electron chi connectivity index (χ2n) is 8.09. The highest BCUT2D eigenvalue weighted by Gasteiger charge is 2.40. The Morgan fingerprint density at radius 3 is 2.47 bits per heavy atom. The summed E-state index contributed by atoms with van der Waals surface area (Å²) in [7, 11) is 0. The minimum Gasteiger partial charge on any atom is -0.348 e. The van der Waals surface area contributed by atoms with Gasteiger partial charge in [0, 0.05) is 24.3 Å². The summed E-state index contributed by atoms with van der Waals surface area (Å²) >= 11 is 0. The summed E-state index contributed by atoms with van der Waals surface area (Å²) in [4.78, 5) is 52.8. The van der Waals surface area contributed by atoms with E-state index in [2.05, 4.69) is 10.6 Å². The predicted molar refractivity (Wildman–Crippen MR) is 119 cm³/mol. The number of benzene rings is 2. The Kier molecular flexibility index (Phi) is 6.49. The SMILES string of the molecule is O=C(CN1CC(=O)N2CCCCC2C1=O)Nc1ccc(C(=O)NCc2ccccc2)cc1. The molecule has 2 aromatic rings. The third kappa shape index (κ3) is 4.96. The Morgan fingerprint density at radius 2 is 1.72 bits per heavy atom. The zero-order valence-corrected chi connectivity index (χ0v) is 17.8. The Hall–Kier alpha value is -3.68. The highest BCUT2D eigenvalue weighted by molar-refractivity contribution is 6.00. The molecule has 4 rings (SSSR count). The number of carbonyl (C=O) groups excluding carboxylic acids is 4. The molecule has 1 atom stereocenters. The third-order valence-corrected chi connectivity index (χ3v) is 5.81. The largest absolute Gasteiger partial charge is 0.348 e. The molecular formula is C24H26N4O4. The summed E-state index contributed by atoms with van der Waals surface area (Å²) in [6.45, 7) is 0.803. The van der Waals surface area contributed by atoms with Crippen LogP contribution in [0.2, 0.25) is 0 Å². The van der Waals surface area contributed by atoms with Crippen LogP contribution in [0.3, 0.4) is 0 Å². The molecule has 0 aliphatic carbocycles. The first kappa shape index (κ1) is 21.5. The number of piperazine rings is 1. The molecular weight excluding hydrogens is 408 g/mol. The molecule has 2 aliphatic rings. The van der Waals surface area contributed by atoms with Crippen LogP contribution in [-0.2, 0) is 20.9 Å². The van der Waals surface area contributed by atoms with E-state index in [1.807, 2.05) is 30.3 Å². The first-order chi connectivity index (χ1) is 15.5. The lowest BCUT2D eigenvalue weighted by Gasteiger charge is -2.42. The minimum atomic E-state index is -0.438. The summed E-state index contributed by atoms with van der Waals surface area (Å²) in [5, 5.41) is 5.59. The molecule has 8 nitrogen and oxygen atoms in total. The van der Waals surface area contributed by atoms with Gasteiger partial charge in [-0.15, -0.1) is 0 Å². The van der Waals surface area contributed by atoms with Gasteiger partial charge in [0.25, 0.3) is 5.91 Å². The van der Waals surface area contributed by atoms with Crippen LogP contribution in [0.1, 0.15) is 35.2 Å². The lowest BCUT2D eigenvalue weighted by molar-refractivity contribution is -0.158. The van der Waals surface area contributed by atoms with Crippen LogP contribution in [0, 0.1) is 0 Å². The van der Waals surface area contributed by atoms with Crippen molar-refractivity contribution >= 4 is 29.3 Å². The van der Waals surface area contributed by atoms with Gasteiger partial charge in [0.1, 0.15) is 19.1 Å². The second-order valence-corrected chi connectivity index (χ2v) is 8.09. The predicted octanol–water partition coefficient (Wildman–Crippen LogP) is 1.78. The van der Waals surface area contributed by atoms with Gasteiger partial charge in [0.15, 0.2) is 0 Å². The van der Waals surface area contributed by atoms with E-state index in [0.717, 1.165) is 18.4 Å². The molecule has 0 spiro atoms. The lowest BCUT2D eigenvalue weighted by atomic mass is 9.98. The molecule has 1 unspecified atom stereocenters. The molecule has 32 heavy (non-hydrogen) atoms. The zero-order chi connectivity index (χ0) is 22.5. The number of hydrogen-bond donors (Lipinski definition) is 2. The van der Waals surface area contributed by atoms with E-state index >= 15 is 0 Å². The third-order valence-electron chi connectivity index (χ3n) is 5.81. The van der Waals surface area contributed by atoms with Crippen molar-refractivity contribution in [1.82, 2.24) is 15.1 Å². The van der Waals surface area contributed by atoms with E-state index in [-0.39, 0.29) is 36.7 Å². The first-order valence-electron chi connectivity index (χ1n) is 10.8. The molecule has 0 radical (unpaired) electrons. The fourth-order valence-electron chi connectivity index (χ4n) is 4.12. The first-order valence-corrected chi connectivity index (χ1v) is 10.8. The Labute approximate surface area is 186 Å². The molecule has 8 heteroatoms. The molecule has 2 aromatic carbocycles. The summed E-state index contributed by atoms with van der Waals surface area (Å²) < 4.78 is 0. The minimum absolute atomic E-state index is 0.0662. The van der Waals surface area contributed by atoms with Gasteiger partial charge < -0.3 is 20.4 Å². The van der Waals surface area contributed by atoms with E-state index in [1.165, 1.54) is 4.90 Å². The Bertz CT molecular complexity index is 1010. The fourth-order valence-corrected chi connectivity index (χ4v) is 4.12. The van der Waals surface area contributed by atoms with Crippen LogP contribution in [0.5, 0.6) is 0 Å². The van der Waals surface area contributed by atoms with E-state index in [0.29, 0.717) is 30.8 Å². The highest BCUT2D eigenvalue weighted by Crippen LogP contribution is 2.23. The van der Waals surface area contributed by atoms with Gasteiger partial charge in [-0.1, -0.05) is 30.3 Å². The van der Waals surface area contributed by atoms with Crippen LogP contribution in [0.15, 0.2) is 54.6 Å². The summed E-state index contributed by atoms with van der Waals surface area (Å²) in [6, 6.07) is 15.7. The lowest BCUT2D eigenvalue weighted by Crippen LogP contribution is -2.62. The number of amides is 4. The summed E-state index contributed by atoms with van der Waals surface area (Å²) in [5.74, 6) is -0.851. The zero-order valence-electron chi connectivity index (χ0n) is 17.8. The molecule has 166 valence electrons. The van der Waals surface area contributed by atoms with Crippen LogP contribution < -0.4 is 10.6 Å². The number of hydrogen-bond acceptors (Lipinski definition) is 4. The van der Waals surface area contributed by atoms with Gasteiger partial charge >= 0.3 is 0 Å². The molecule has 0 bridgehead atoms. The van der Waals surface area contributed by atoms with Crippen LogP contribution in [0.4, 0.5) is 5.69 Å². The molecule has 2 saturated heterocycles. The standard InChI is InChI=1S/C24H26N4O4/c29-21(15-27-16-22(30)28-13-5-4-8-20(28)24(27)32)26-19-11-9-18(10-12-19)23(31)25-14-17-6-2-1-3-7-17/h1-3,6-7,9-12,20H,4-5,8,13-16H2,(H,25,31)(H,26,29). The molecule has 0 aromatic heterocycles. The van der Waals surface area contributed by atoms with E-state index in [9.17, 15) is 19.2 Å². The van der Waals surface area contributed by atoms with Crippen molar-refractivity contribution in [3.05, 3.63) is 65.7 Å². The topological polar surface area (TPSA) is 98.8 Å². The van der Waals surface area contributed by atoms with Crippen molar-refractivity contribution < 1.29 is 19.2 Å². The van der Waals surface area contributed by atoms with Crippen molar-refractivity contribution in [3.8, 4) is 0 Å². The monoisotopic (exact) mass is 434 g/mol. The molecule has 2 heterocycles. The van der Waals surface area contributed by atoms with Crippen molar-refractivity contribution in [1.29, 1.82) is 0 Å². The number of nitrogens with one attached hydrogen (secondary N) is 2. The van der Waals surface area contributed by atoms with Gasteiger partial charge in [-0.05, 0) is 49.1 Å². The van der Waals surface area contributed by atoms with Gasteiger partial charge in [-0.3, -0.25) is 19.2 Å². The van der Waals surface area contributed by atoms with E-state index < -0.39 is 6.04 Å². The number of fused-ring (bicyclic) bond motifs is 1. The maximum absolute atomic E-state index is 12.7. The Balaban J connectivity index is 1.29. The van der Waals surface area contributed by atoms with Gasteiger partial charge in [-0.25, -0.2) is 0 Å². The average Bonchev–Trinajstić information content (AvgIpc) is 2.82. The maximum Gasteiger partial charge on any atom is 0.251 e. The van der Waals surface area contributed by atoms with E-state index in [4.69, 9.17) is 0 Å². The van der Waals surface area contributed by atoms with Crippen molar-refractivity contribution in [2.75, 3.05) is 25.0 Å². The highest BCUT2D eigenvalue weighted by atomic mass is 16.2.